The van der Waals surface area contributed by atoms with Gasteiger partial charge in [-0.15, -0.1) is 0 Å². The molecule has 2 fully saturated rings. The zero-order valence-corrected chi connectivity index (χ0v) is 26.7. The highest BCUT2D eigenvalue weighted by Crippen LogP contribution is 2.42. The topological polar surface area (TPSA) is 183 Å². The number of benzene rings is 3. The number of phenolic OH excluding ortho intramolecular Hbond substituents is 1. The lowest BCUT2D eigenvalue weighted by Gasteiger charge is -2.48. The summed E-state index contributed by atoms with van der Waals surface area (Å²) in [5, 5.41) is 65.7. The lowest BCUT2D eigenvalue weighted by molar-refractivity contribution is -0.315. The monoisotopic (exact) mass is 652 g/mol. The van der Waals surface area contributed by atoms with Crippen molar-refractivity contribution in [3.8, 4) is 11.5 Å². The van der Waals surface area contributed by atoms with Crippen molar-refractivity contribution in [3.05, 3.63) is 70.8 Å². The maximum atomic E-state index is 13.4. The number of aromatic carboxylic acids is 1. The second-order valence-corrected chi connectivity index (χ2v) is 12.9. The van der Waals surface area contributed by atoms with Gasteiger partial charge in [0.25, 0.3) is 0 Å². The molecule has 0 saturated carbocycles. The lowest BCUT2D eigenvalue weighted by atomic mass is 9.76. The smallest absolute Gasteiger partial charge is 0.335 e. The van der Waals surface area contributed by atoms with Crippen LogP contribution in [-0.2, 0) is 15.9 Å². The molecule has 0 spiro atoms. The lowest BCUT2D eigenvalue weighted by Crippen LogP contribution is -2.67. The SMILES string of the molecule is Cc1cc2cc(C(=O)O)cc(O[C@@H]3O[C@H](CO)[C@](O)(CC[C@@H](C)C4CCOCC4)[C@H](O)[C@H]3O)c2c(O)c1C(=O)CCc1ccccc1. The predicted octanol–water partition coefficient (Wildman–Crippen LogP) is 3.76. The largest absolute Gasteiger partial charge is 0.506 e. The van der Waals surface area contributed by atoms with E-state index in [1.807, 2.05) is 30.3 Å². The second-order valence-electron chi connectivity index (χ2n) is 12.9. The summed E-state index contributed by atoms with van der Waals surface area (Å²) >= 11 is 0. The number of Topliss-reactive ketones (excluding diaryl/α,β-unsaturated/α-hetero) is 1. The summed E-state index contributed by atoms with van der Waals surface area (Å²) < 4.78 is 17.3. The highest BCUT2D eigenvalue weighted by molar-refractivity contribution is 6.09. The molecule has 254 valence electrons. The van der Waals surface area contributed by atoms with Crippen molar-refractivity contribution in [2.24, 2.45) is 11.8 Å². The first-order valence-electron chi connectivity index (χ1n) is 16.1. The van der Waals surface area contributed by atoms with Gasteiger partial charge in [0.2, 0.25) is 6.29 Å². The normalized spacial score (nSPS) is 25.8. The average molecular weight is 653 g/mol. The molecule has 6 N–H and O–H groups in total. The molecule has 3 aromatic carbocycles. The molecule has 2 heterocycles. The Hall–Kier alpha value is -3.58. The Morgan fingerprint density at radius 2 is 1.79 bits per heavy atom. The number of fused-ring (bicyclic) bond motifs is 1. The number of hydrogen-bond donors (Lipinski definition) is 6. The molecule has 6 atom stereocenters. The van der Waals surface area contributed by atoms with Gasteiger partial charge in [0.1, 0.15) is 35.4 Å². The van der Waals surface area contributed by atoms with Gasteiger partial charge >= 0.3 is 5.97 Å². The molecule has 2 saturated heterocycles. The summed E-state index contributed by atoms with van der Waals surface area (Å²) in [6.07, 6.45) is -3.78. The third-order valence-electron chi connectivity index (χ3n) is 9.83. The second kappa shape index (κ2) is 14.7. The van der Waals surface area contributed by atoms with Crippen LogP contribution in [0, 0.1) is 18.8 Å². The molecular formula is C36H44O11. The highest BCUT2D eigenvalue weighted by Gasteiger charge is 2.55. The minimum absolute atomic E-state index is 0.0145. The Bertz CT molecular complexity index is 1560. The van der Waals surface area contributed by atoms with Gasteiger partial charge in [-0.2, -0.15) is 0 Å². The number of aryl methyl sites for hydroxylation is 2. The Kier molecular flexibility index (Phi) is 10.8. The van der Waals surface area contributed by atoms with E-state index < -0.39 is 48.5 Å². The molecule has 2 aliphatic heterocycles. The number of hydrogen-bond acceptors (Lipinski definition) is 10. The van der Waals surface area contributed by atoms with Gasteiger partial charge in [0.05, 0.1) is 23.1 Å². The Morgan fingerprint density at radius 1 is 1.09 bits per heavy atom. The average Bonchev–Trinajstić information content (AvgIpc) is 3.07. The van der Waals surface area contributed by atoms with Crippen molar-refractivity contribution in [2.45, 2.75) is 82.6 Å². The summed E-state index contributed by atoms with van der Waals surface area (Å²) in [4.78, 5) is 25.4. The Balaban J connectivity index is 1.42. The van der Waals surface area contributed by atoms with Gasteiger partial charge in [0, 0.05) is 19.6 Å². The minimum atomic E-state index is -2.00. The fourth-order valence-corrected chi connectivity index (χ4v) is 6.92. The van der Waals surface area contributed by atoms with Gasteiger partial charge in [-0.05, 0) is 79.5 Å². The van der Waals surface area contributed by atoms with E-state index in [-0.39, 0.29) is 52.2 Å². The van der Waals surface area contributed by atoms with Crippen molar-refractivity contribution >= 4 is 22.5 Å². The number of rotatable bonds is 12. The number of ketones is 1. The molecule has 47 heavy (non-hydrogen) atoms. The number of aliphatic hydroxyl groups excluding tert-OH is 3. The molecule has 0 unspecified atom stereocenters. The van der Waals surface area contributed by atoms with Gasteiger partial charge in [0.15, 0.2) is 5.78 Å². The molecule has 0 bridgehead atoms. The molecular weight excluding hydrogens is 608 g/mol. The van der Waals surface area contributed by atoms with Gasteiger partial charge in [-0.25, -0.2) is 4.79 Å². The fraction of sp³-hybridized carbons (Fsp3) is 0.500. The summed E-state index contributed by atoms with van der Waals surface area (Å²) in [6.45, 7) is 4.33. The van der Waals surface area contributed by atoms with Crippen LogP contribution in [0.1, 0.15) is 70.9 Å². The van der Waals surface area contributed by atoms with Crippen LogP contribution in [0.25, 0.3) is 10.8 Å². The van der Waals surface area contributed by atoms with Crippen LogP contribution in [-0.4, -0.2) is 92.4 Å². The van der Waals surface area contributed by atoms with E-state index >= 15 is 0 Å². The summed E-state index contributed by atoms with van der Waals surface area (Å²) in [7, 11) is 0. The number of carboxylic acid groups (broad SMARTS) is 1. The maximum Gasteiger partial charge on any atom is 0.335 e. The van der Waals surface area contributed by atoms with Crippen molar-refractivity contribution in [1.82, 2.24) is 0 Å². The summed E-state index contributed by atoms with van der Waals surface area (Å²) in [5.41, 5.74) is -0.764. The molecule has 0 aliphatic carbocycles. The Morgan fingerprint density at radius 3 is 2.45 bits per heavy atom. The zero-order chi connectivity index (χ0) is 33.9. The molecule has 5 rings (SSSR count). The number of carboxylic acids is 1. The first-order valence-corrected chi connectivity index (χ1v) is 16.1. The maximum absolute atomic E-state index is 13.4. The molecule has 0 aromatic heterocycles. The van der Waals surface area contributed by atoms with Crippen LogP contribution in [0.15, 0.2) is 48.5 Å². The predicted molar refractivity (Wildman–Crippen MR) is 172 cm³/mol. The van der Waals surface area contributed by atoms with Gasteiger partial charge in [-0.3, -0.25) is 4.79 Å². The van der Waals surface area contributed by atoms with Crippen LogP contribution in [0.2, 0.25) is 0 Å². The molecule has 3 aromatic rings. The van der Waals surface area contributed by atoms with Crippen LogP contribution in [0.5, 0.6) is 11.5 Å². The number of carbonyl (C=O) groups excluding carboxylic acids is 1. The summed E-state index contributed by atoms with van der Waals surface area (Å²) in [6, 6.07) is 13.5. The fourth-order valence-electron chi connectivity index (χ4n) is 6.92. The minimum Gasteiger partial charge on any atom is -0.506 e. The van der Waals surface area contributed by atoms with Crippen molar-refractivity contribution in [2.75, 3.05) is 19.8 Å². The van der Waals surface area contributed by atoms with E-state index in [1.54, 1.807) is 13.0 Å². The molecule has 0 radical (unpaired) electrons. The number of phenols is 1. The molecule has 11 nitrogen and oxygen atoms in total. The van der Waals surface area contributed by atoms with Crippen molar-refractivity contribution < 1.29 is 54.4 Å². The summed E-state index contributed by atoms with van der Waals surface area (Å²) in [5.74, 6) is -1.70. The first kappa shape index (κ1) is 34.7. The van der Waals surface area contributed by atoms with Gasteiger partial charge in [-0.1, -0.05) is 43.3 Å². The van der Waals surface area contributed by atoms with Crippen LogP contribution in [0.3, 0.4) is 0 Å². The number of aromatic hydroxyl groups is 1. The van der Waals surface area contributed by atoms with Crippen LogP contribution < -0.4 is 4.74 Å². The molecule has 0 amide bonds. The van der Waals surface area contributed by atoms with E-state index in [2.05, 4.69) is 6.92 Å². The number of ether oxygens (including phenoxy) is 3. The van der Waals surface area contributed by atoms with Crippen molar-refractivity contribution in [1.29, 1.82) is 0 Å². The van der Waals surface area contributed by atoms with E-state index in [4.69, 9.17) is 14.2 Å². The standard InChI is InChI=1S/C36H44O11/c1-20(23-11-14-45-15-12-23)10-13-36(44)28(19-37)47-35(32(40)33(36)41)46-27-18-25(34(42)43)17-24-16-21(2)29(31(39)30(24)27)26(38)9-8-22-6-4-3-5-7-22/h3-7,16-18,20,23,28,32-33,35,37,39-41,44H,8-15,19H2,1-2H3,(H,42,43)/t20-,28-,32-,33-,35-,36-/m1/s1. The Labute approximate surface area is 273 Å². The third kappa shape index (κ3) is 7.30. The molecule has 11 heteroatoms. The highest BCUT2D eigenvalue weighted by atomic mass is 16.7. The number of aliphatic hydroxyl groups is 4. The van der Waals surface area contributed by atoms with E-state index in [9.17, 15) is 40.2 Å². The quantitative estimate of drug-likeness (QED) is 0.157. The first-order chi connectivity index (χ1) is 22.4. The van der Waals surface area contributed by atoms with Crippen LogP contribution in [0.4, 0.5) is 0 Å². The molecule has 2 aliphatic rings. The van der Waals surface area contributed by atoms with Crippen LogP contribution >= 0.6 is 0 Å². The third-order valence-corrected chi connectivity index (χ3v) is 9.83. The zero-order valence-electron chi connectivity index (χ0n) is 26.7. The van der Waals surface area contributed by atoms with E-state index in [1.165, 1.54) is 6.07 Å². The van der Waals surface area contributed by atoms with Gasteiger partial charge < -0.3 is 44.8 Å². The van der Waals surface area contributed by atoms with E-state index in [0.29, 0.717) is 37.5 Å². The van der Waals surface area contributed by atoms with Crippen molar-refractivity contribution in [3.63, 3.8) is 0 Å². The van der Waals surface area contributed by atoms with E-state index in [0.717, 1.165) is 24.5 Å². The number of carbonyl (C=O) groups is 2.